The summed E-state index contributed by atoms with van der Waals surface area (Å²) in [5.41, 5.74) is 7.67. The van der Waals surface area contributed by atoms with Gasteiger partial charge in [-0.25, -0.2) is 4.68 Å². The molecule has 0 bridgehead atoms. The molecule has 5 rings (SSSR count). The molecule has 2 aromatic carbocycles. The molecule has 0 saturated carbocycles. The van der Waals surface area contributed by atoms with Crippen LogP contribution in [0, 0.1) is 13.8 Å². The molecule has 4 aromatic rings. The molecule has 28 heavy (non-hydrogen) atoms. The average Bonchev–Trinajstić information content (AvgIpc) is 3.25. The molecule has 2 aromatic heterocycles. The second-order valence-electron chi connectivity index (χ2n) is 7.18. The van der Waals surface area contributed by atoms with Gasteiger partial charge in [0, 0.05) is 16.1 Å². The van der Waals surface area contributed by atoms with Gasteiger partial charge in [-0.15, -0.1) is 5.10 Å². The van der Waals surface area contributed by atoms with E-state index in [0.717, 1.165) is 50.2 Å². The molecular formula is C21H17ClN4O2. The second-order valence-corrected chi connectivity index (χ2v) is 7.61. The van der Waals surface area contributed by atoms with Gasteiger partial charge in [-0.1, -0.05) is 28.9 Å². The molecule has 140 valence electrons. The lowest BCUT2D eigenvalue weighted by molar-refractivity contribution is -0.136. The zero-order valence-electron chi connectivity index (χ0n) is 15.4. The number of benzene rings is 2. The van der Waals surface area contributed by atoms with E-state index in [-0.39, 0.29) is 6.42 Å². The SMILES string of the molecule is Cc1c(CC(=O)O)c(-c2ccc(Cl)cc2)c2cc(C)n3c2c1-n1nncc1C3. The number of carbonyl (C=O) groups is 1. The van der Waals surface area contributed by atoms with Crippen molar-refractivity contribution in [2.24, 2.45) is 0 Å². The van der Waals surface area contributed by atoms with Gasteiger partial charge in [0.1, 0.15) is 0 Å². The number of aliphatic carboxylic acids is 1. The minimum absolute atomic E-state index is 0.0685. The minimum atomic E-state index is -0.865. The number of halogens is 1. The number of hydrogen-bond donors (Lipinski definition) is 1. The predicted octanol–water partition coefficient (Wildman–Crippen LogP) is 4.15. The van der Waals surface area contributed by atoms with Crippen molar-refractivity contribution in [3.8, 4) is 16.8 Å². The van der Waals surface area contributed by atoms with Gasteiger partial charge in [0.25, 0.3) is 0 Å². The molecule has 7 heteroatoms. The highest BCUT2D eigenvalue weighted by atomic mass is 35.5. The maximum absolute atomic E-state index is 11.7. The Balaban J connectivity index is 1.96. The maximum atomic E-state index is 11.7. The Kier molecular flexibility index (Phi) is 3.61. The van der Waals surface area contributed by atoms with E-state index < -0.39 is 5.97 Å². The van der Waals surface area contributed by atoms with Gasteiger partial charge in [-0.2, -0.15) is 0 Å². The zero-order chi connectivity index (χ0) is 19.6. The number of hydrogen-bond acceptors (Lipinski definition) is 3. The lowest BCUT2D eigenvalue weighted by atomic mass is 9.89. The van der Waals surface area contributed by atoms with Gasteiger partial charge in [0.05, 0.1) is 36.1 Å². The molecule has 0 aliphatic carbocycles. The Morgan fingerprint density at radius 3 is 2.71 bits per heavy atom. The number of fused-ring (bicyclic) bond motifs is 2. The van der Waals surface area contributed by atoms with Crippen molar-refractivity contribution in [2.45, 2.75) is 26.8 Å². The van der Waals surface area contributed by atoms with Gasteiger partial charge < -0.3 is 9.67 Å². The molecule has 1 aliphatic heterocycles. The third kappa shape index (κ3) is 2.31. The second kappa shape index (κ2) is 5.94. The first-order valence-corrected chi connectivity index (χ1v) is 9.36. The molecule has 1 aliphatic rings. The summed E-state index contributed by atoms with van der Waals surface area (Å²) < 4.78 is 4.09. The number of nitrogens with zero attached hydrogens (tertiary/aromatic N) is 4. The van der Waals surface area contributed by atoms with Crippen LogP contribution in [-0.2, 0) is 17.8 Å². The third-order valence-corrected chi connectivity index (χ3v) is 5.77. The van der Waals surface area contributed by atoms with E-state index in [1.54, 1.807) is 6.20 Å². The molecule has 0 unspecified atom stereocenters. The van der Waals surface area contributed by atoms with Crippen molar-refractivity contribution in [1.82, 2.24) is 19.6 Å². The summed E-state index contributed by atoms with van der Waals surface area (Å²) in [4.78, 5) is 11.7. The lowest BCUT2D eigenvalue weighted by Gasteiger charge is -2.24. The van der Waals surface area contributed by atoms with Crippen LogP contribution in [0.4, 0.5) is 0 Å². The molecule has 0 radical (unpaired) electrons. The standard InChI is InChI=1S/C21H17ClN4O2/c1-11-7-17-19(13-3-5-14(22)6-4-13)16(8-18(27)28)12(2)20-21(17)25(11)10-15-9-23-24-26(15)20/h3-7,9H,8,10H2,1-2H3,(H,27,28). The van der Waals surface area contributed by atoms with Crippen molar-refractivity contribution in [3.05, 3.63) is 64.1 Å². The highest BCUT2D eigenvalue weighted by molar-refractivity contribution is 6.30. The maximum Gasteiger partial charge on any atom is 0.307 e. The Labute approximate surface area is 166 Å². The number of carboxylic acids is 1. The summed E-state index contributed by atoms with van der Waals surface area (Å²) in [6.45, 7) is 4.73. The van der Waals surface area contributed by atoms with E-state index in [1.165, 1.54) is 0 Å². The van der Waals surface area contributed by atoms with Crippen LogP contribution >= 0.6 is 11.6 Å². The molecule has 0 atom stereocenters. The summed E-state index contributed by atoms with van der Waals surface area (Å²) in [6, 6.07) is 9.69. The van der Waals surface area contributed by atoms with Crippen LogP contribution in [0.2, 0.25) is 5.02 Å². The van der Waals surface area contributed by atoms with Crippen molar-refractivity contribution in [2.75, 3.05) is 0 Å². The summed E-state index contributed by atoms with van der Waals surface area (Å²) >= 11 is 6.09. The summed E-state index contributed by atoms with van der Waals surface area (Å²) in [6.07, 6.45) is 1.69. The number of aromatic nitrogens is 4. The molecule has 6 nitrogen and oxygen atoms in total. The Morgan fingerprint density at radius 1 is 1.25 bits per heavy atom. The van der Waals surface area contributed by atoms with Gasteiger partial charge in [0.15, 0.2) is 0 Å². The zero-order valence-corrected chi connectivity index (χ0v) is 16.2. The molecule has 1 N–H and O–H groups in total. The van der Waals surface area contributed by atoms with E-state index in [0.29, 0.717) is 11.6 Å². The fraction of sp³-hybridized carbons (Fsp3) is 0.190. The van der Waals surface area contributed by atoms with E-state index in [4.69, 9.17) is 11.6 Å². The van der Waals surface area contributed by atoms with Crippen molar-refractivity contribution in [3.63, 3.8) is 0 Å². The van der Waals surface area contributed by atoms with Crippen LogP contribution in [0.1, 0.15) is 22.5 Å². The molecule has 0 spiro atoms. The Morgan fingerprint density at radius 2 is 2.00 bits per heavy atom. The highest BCUT2D eigenvalue weighted by Crippen LogP contribution is 2.43. The van der Waals surface area contributed by atoms with Gasteiger partial charge in [-0.3, -0.25) is 4.79 Å². The lowest BCUT2D eigenvalue weighted by Crippen LogP contribution is -2.18. The molecule has 0 amide bonds. The summed E-state index contributed by atoms with van der Waals surface area (Å²) in [7, 11) is 0. The van der Waals surface area contributed by atoms with Crippen LogP contribution in [0.5, 0.6) is 0 Å². The van der Waals surface area contributed by atoms with Gasteiger partial charge in [0.2, 0.25) is 0 Å². The minimum Gasteiger partial charge on any atom is -0.481 e. The topological polar surface area (TPSA) is 72.9 Å². The number of rotatable bonds is 3. The van der Waals surface area contributed by atoms with Gasteiger partial charge >= 0.3 is 5.97 Å². The highest BCUT2D eigenvalue weighted by Gasteiger charge is 2.28. The first-order valence-electron chi connectivity index (χ1n) is 8.98. The quantitative estimate of drug-likeness (QED) is 0.500. The smallest absolute Gasteiger partial charge is 0.307 e. The fourth-order valence-corrected chi connectivity index (χ4v) is 4.42. The molecule has 0 saturated heterocycles. The molecule has 0 fully saturated rings. The van der Waals surface area contributed by atoms with Crippen LogP contribution in [0.15, 0.2) is 36.5 Å². The Bertz CT molecular complexity index is 1270. The number of carboxylic acid groups (broad SMARTS) is 1. The molecule has 3 heterocycles. The van der Waals surface area contributed by atoms with Crippen LogP contribution in [-0.4, -0.2) is 30.6 Å². The van der Waals surface area contributed by atoms with E-state index in [1.807, 2.05) is 35.9 Å². The first kappa shape index (κ1) is 17.0. The Hall–Kier alpha value is -3.12. The van der Waals surface area contributed by atoms with Crippen molar-refractivity contribution >= 4 is 28.5 Å². The van der Waals surface area contributed by atoms with Crippen LogP contribution in [0.3, 0.4) is 0 Å². The van der Waals surface area contributed by atoms with Crippen molar-refractivity contribution in [1.29, 1.82) is 0 Å². The predicted molar refractivity (Wildman–Crippen MR) is 107 cm³/mol. The fourth-order valence-electron chi connectivity index (χ4n) is 4.29. The summed E-state index contributed by atoms with van der Waals surface area (Å²) in [5.74, 6) is -0.865. The van der Waals surface area contributed by atoms with E-state index in [2.05, 4.69) is 27.9 Å². The molecular weight excluding hydrogens is 376 g/mol. The van der Waals surface area contributed by atoms with E-state index >= 15 is 0 Å². The normalized spacial score (nSPS) is 12.4. The average molecular weight is 393 g/mol. The van der Waals surface area contributed by atoms with Gasteiger partial charge in [-0.05, 0) is 54.3 Å². The van der Waals surface area contributed by atoms with Crippen LogP contribution < -0.4 is 0 Å². The number of aryl methyl sites for hydroxylation is 1. The van der Waals surface area contributed by atoms with E-state index in [9.17, 15) is 9.90 Å². The monoisotopic (exact) mass is 392 g/mol. The van der Waals surface area contributed by atoms with Crippen molar-refractivity contribution < 1.29 is 9.90 Å². The first-order chi connectivity index (χ1) is 13.5. The van der Waals surface area contributed by atoms with Crippen LogP contribution in [0.25, 0.3) is 27.7 Å². The third-order valence-electron chi connectivity index (χ3n) is 5.52. The largest absolute Gasteiger partial charge is 0.481 e. The summed E-state index contributed by atoms with van der Waals surface area (Å²) in [5, 5.41) is 19.6.